The number of nitrogens with two attached hydrogens (primary N) is 1. The number of imidazole rings is 1. The van der Waals surface area contributed by atoms with Gasteiger partial charge in [0.15, 0.2) is 17.0 Å². The maximum absolute atomic E-state index is 14.0. The molecule has 0 aliphatic carbocycles. The van der Waals surface area contributed by atoms with Crippen LogP contribution in [0.15, 0.2) is 6.33 Å². The van der Waals surface area contributed by atoms with E-state index in [1.165, 1.54) is 49.4 Å². The first-order chi connectivity index (χ1) is 20.8. The fraction of sp³-hybridized carbons (Fsp3) is 0.719. The zero-order chi connectivity index (χ0) is 31.1. The third-order valence-electron chi connectivity index (χ3n) is 7.95. The van der Waals surface area contributed by atoms with Gasteiger partial charge in [-0.1, -0.05) is 96.8 Å². The fourth-order valence-corrected chi connectivity index (χ4v) is 5.40. The molecule has 2 aromatic heterocycles. The van der Waals surface area contributed by atoms with Gasteiger partial charge in [-0.3, -0.25) is 14.2 Å². The maximum atomic E-state index is 14.0. The SMILES string of the molecule is C#CC1(COC(=O)CCCCCCCCC)OC(n2cnc3c(N)nc(F)nc32)CC1OC(=O)CCCCCCCCC. The van der Waals surface area contributed by atoms with Gasteiger partial charge in [-0.15, -0.1) is 6.42 Å². The molecule has 2 N–H and O–H groups in total. The lowest BCUT2D eigenvalue weighted by molar-refractivity contribution is -0.166. The van der Waals surface area contributed by atoms with Crippen molar-refractivity contribution in [2.75, 3.05) is 12.3 Å². The largest absolute Gasteiger partial charge is 0.461 e. The highest BCUT2D eigenvalue weighted by molar-refractivity contribution is 5.81. The van der Waals surface area contributed by atoms with E-state index in [-0.39, 0.29) is 48.8 Å². The van der Waals surface area contributed by atoms with Gasteiger partial charge in [0.1, 0.15) is 18.9 Å². The van der Waals surface area contributed by atoms with Crippen LogP contribution in [-0.2, 0) is 23.8 Å². The van der Waals surface area contributed by atoms with Crippen LogP contribution in [0.3, 0.4) is 0 Å². The molecule has 1 fully saturated rings. The molecule has 238 valence electrons. The molecule has 0 saturated carbocycles. The van der Waals surface area contributed by atoms with E-state index >= 15 is 0 Å². The van der Waals surface area contributed by atoms with Crippen LogP contribution in [0.25, 0.3) is 11.2 Å². The van der Waals surface area contributed by atoms with Crippen molar-refractivity contribution in [3.63, 3.8) is 0 Å². The molecule has 3 rings (SSSR count). The fourth-order valence-electron chi connectivity index (χ4n) is 5.40. The lowest BCUT2D eigenvalue weighted by atomic mass is 9.98. The van der Waals surface area contributed by atoms with Crippen molar-refractivity contribution in [1.82, 2.24) is 19.5 Å². The zero-order valence-electron chi connectivity index (χ0n) is 25.8. The van der Waals surface area contributed by atoms with Crippen molar-refractivity contribution in [3.8, 4) is 12.3 Å². The van der Waals surface area contributed by atoms with Crippen molar-refractivity contribution < 1.29 is 28.2 Å². The summed E-state index contributed by atoms with van der Waals surface area (Å²) in [6.07, 6.45) is 20.3. The van der Waals surface area contributed by atoms with Gasteiger partial charge in [-0.2, -0.15) is 14.4 Å². The Labute approximate surface area is 254 Å². The minimum absolute atomic E-state index is 0.112. The third-order valence-corrected chi connectivity index (χ3v) is 7.95. The number of esters is 2. The van der Waals surface area contributed by atoms with Crippen LogP contribution in [-0.4, -0.2) is 49.8 Å². The van der Waals surface area contributed by atoms with E-state index in [1.54, 1.807) is 0 Å². The summed E-state index contributed by atoms with van der Waals surface area (Å²) in [6.45, 7) is 4.07. The van der Waals surface area contributed by atoms with Crippen LogP contribution < -0.4 is 5.73 Å². The second kappa shape index (κ2) is 17.8. The quantitative estimate of drug-likeness (QED) is 0.0774. The number of halogens is 1. The van der Waals surface area contributed by atoms with E-state index < -0.39 is 30.0 Å². The van der Waals surface area contributed by atoms with Gasteiger partial charge in [0, 0.05) is 19.3 Å². The molecule has 3 atom stereocenters. The lowest BCUT2D eigenvalue weighted by Gasteiger charge is -2.28. The number of nitrogen functional groups attached to an aromatic ring is 1. The molecule has 0 aromatic carbocycles. The van der Waals surface area contributed by atoms with Gasteiger partial charge in [-0.05, 0) is 12.8 Å². The smallest absolute Gasteiger partial charge is 0.312 e. The highest BCUT2D eigenvalue weighted by Crippen LogP contribution is 2.40. The lowest BCUT2D eigenvalue weighted by Crippen LogP contribution is -2.45. The number of unbranched alkanes of at least 4 members (excludes halogenated alkanes) is 12. The minimum atomic E-state index is -1.54. The minimum Gasteiger partial charge on any atom is -0.461 e. The first-order valence-electron chi connectivity index (χ1n) is 16.0. The van der Waals surface area contributed by atoms with Gasteiger partial charge in [0.25, 0.3) is 0 Å². The molecule has 1 aliphatic heterocycles. The number of hydrogen-bond acceptors (Lipinski definition) is 9. The Hall–Kier alpha value is -3.26. The van der Waals surface area contributed by atoms with Gasteiger partial charge < -0.3 is 19.9 Å². The van der Waals surface area contributed by atoms with Crippen molar-refractivity contribution in [2.24, 2.45) is 0 Å². The number of rotatable bonds is 20. The number of aromatic nitrogens is 4. The molecule has 2 aromatic rings. The molecule has 3 heterocycles. The predicted octanol–water partition coefficient (Wildman–Crippen LogP) is 6.57. The molecule has 10 nitrogen and oxygen atoms in total. The molecule has 43 heavy (non-hydrogen) atoms. The van der Waals surface area contributed by atoms with Crippen LogP contribution in [0, 0.1) is 18.4 Å². The normalized spacial score (nSPS) is 19.9. The van der Waals surface area contributed by atoms with E-state index in [1.807, 2.05) is 0 Å². The Morgan fingerprint density at radius 1 is 1.00 bits per heavy atom. The topological polar surface area (TPSA) is 131 Å². The Bertz CT molecular complexity index is 1210. The molecule has 0 radical (unpaired) electrons. The molecule has 3 unspecified atom stereocenters. The summed E-state index contributed by atoms with van der Waals surface area (Å²) < 4.78 is 33.2. The van der Waals surface area contributed by atoms with Crippen LogP contribution in [0.4, 0.5) is 10.2 Å². The van der Waals surface area contributed by atoms with Crippen molar-refractivity contribution in [1.29, 1.82) is 0 Å². The number of hydrogen-bond donors (Lipinski definition) is 1. The molecule has 0 amide bonds. The summed E-state index contributed by atoms with van der Waals surface area (Å²) in [6, 6.07) is 0. The monoisotopic (exact) mass is 601 g/mol. The molecule has 1 saturated heterocycles. The van der Waals surface area contributed by atoms with E-state index in [2.05, 4.69) is 34.7 Å². The highest BCUT2D eigenvalue weighted by Gasteiger charge is 2.52. The standard InChI is InChI=1S/C32H48FN5O5/c1-4-7-9-11-13-15-17-19-26(39)41-22-32(6-3)24(42-27(40)20-18-16-14-12-10-8-5-2)21-25(43-32)38-23-35-28-29(34)36-31(33)37-30(28)38/h3,23-25H,4-5,7-22H2,1-2H3,(H2,34,36,37). The summed E-state index contributed by atoms with van der Waals surface area (Å²) in [5.74, 6) is 1.70. The number of fused-ring (bicyclic) bond motifs is 1. The van der Waals surface area contributed by atoms with Crippen LogP contribution in [0.1, 0.15) is 129 Å². The Morgan fingerprint density at radius 2 is 1.58 bits per heavy atom. The average molecular weight is 602 g/mol. The second-order valence-electron chi connectivity index (χ2n) is 11.4. The molecule has 1 aliphatic rings. The number of carbonyl (C=O) groups excluding carboxylic acids is 2. The molecule has 11 heteroatoms. The third kappa shape index (κ3) is 10.2. The van der Waals surface area contributed by atoms with Crippen LogP contribution >= 0.6 is 0 Å². The van der Waals surface area contributed by atoms with Crippen molar-refractivity contribution in [3.05, 3.63) is 12.4 Å². The predicted molar refractivity (Wildman–Crippen MR) is 162 cm³/mol. The number of ether oxygens (including phenoxy) is 3. The molecular formula is C32H48FN5O5. The van der Waals surface area contributed by atoms with E-state index in [0.717, 1.165) is 44.9 Å². The van der Waals surface area contributed by atoms with Gasteiger partial charge in [0.05, 0.1) is 6.33 Å². The molecule has 0 spiro atoms. The van der Waals surface area contributed by atoms with E-state index in [0.29, 0.717) is 6.42 Å². The first kappa shape index (κ1) is 34.2. The number of terminal acetylenes is 1. The van der Waals surface area contributed by atoms with Crippen LogP contribution in [0.2, 0.25) is 0 Å². The van der Waals surface area contributed by atoms with Gasteiger partial charge in [-0.25, -0.2) is 4.98 Å². The number of carbonyl (C=O) groups is 2. The first-order valence-corrected chi connectivity index (χ1v) is 16.0. The van der Waals surface area contributed by atoms with Crippen LogP contribution in [0.5, 0.6) is 0 Å². The summed E-state index contributed by atoms with van der Waals surface area (Å²) in [4.78, 5) is 37.0. The Kier molecular flexibility index (Phi) is 14.1. The molecule has 0 bridgehead atoms. The van der Waals surface area contributed by atoms with Crippen molar-refractivity contribution in [2.45, 2.75) is 141 Å². The van der Waals surface area contributed by atoms with Gasteiger partial charge in [0.2, 0.25) is 5.60 Å². The number of anilines is 1. The van der Waals surface area contributed by atoms with E-state index in [4.69, 9.17) is 26.4 Å². The summed E-state index contributed by atoms with van der Waals surface area (Å²) in [7, 11) is 0. The van der Waals surface area contributed by atoms with Gasteiger partial charge >= 0.3 is 18.0 Å². The number of nitrogens with zero attached hydrogens (tertiary/aromatic N) is 4. The average Bonchev–Trinajstić information content (AvgIpc) is 3.57. The Balaban J connectivity index is 1.65. The molecular weight excluding hydrogens is 553 g/mol. The Morgan fingerprint density at radius 3 is 2.19 bits per heavy atom. The van der Waals surface area contributed by atoms with Crippen molar-refractivity contribution >= 4 is 28.9 Å². The summed E-state index contributed by atoms with van der Waals surface area (Å²) in [5, 5.41) is 0. The maximum Gasteiger partial charge on any atom is 0.312 e. The summed E-state index contributed by atoms with van der Waals surface area (Å²) >= 11 is 0. The summed E-state index contributed by atoms with van der Waals surface area (Å²) in [5.41, 5.74) is 4.61. The second-order valence-corrected chi connectivity index (χ2v) is 11.4. The zero-order valence-corrected chi connectivity index (χ0v) is 25.8. The van der Waals surface area contributed by atoms with E-state index in [9.17, 15) is 14.0 Å². The highest BCUT2D eigenvalue weighted by atomic mass is 19.1.